The van der Waals surface area contributed by atoms with E-state index in [1.807, 2.05) is 6.08 Å². The molecule has 1 aromatic carbocycles. The summed E-state index contributed by atoms with van der Waals surface area (Å²) in [6.45, 7) is 17.7. The van der Waals surface area contributed by atoms with Gasteiger partial charge in [-0.3, -0.25) is 4.79 Å². The lowest BCUT2D eigenvalue weighted by Crippen LogP contribution is -2.45. The molecule has 10 heteroatoms. The van der Waals surface area contributed by atoms with Gasteiger partial charge in [-0.2, -0.15) is 13.2 Å². The largest absolute Gasteiger partial charge is 0.491 e. The zero-order valence-corrected chi connectivity index (χ0v) is 30.5. The molecule has 1 heterocycles. The van der Waals surface area contributed by atoms with Gasteiger partial charge in [0.25, 0.3) is 0 Å². The minimum Gasteiger partial charge on any atom is -0.491 e. The Bertz CT molecular complexity index is 1150. The smallest absolute Gasteiger partial charge is 0.416 e. The Balaban J connectivity index is 1.97. The molecule has 2 aliphatic rings. The summed E-state index contributed by atoms with van der Waals surface area (Å²) in [5.74, 6) is 0.0239. The maximum absolute atomic E-state index is 13.4. The highest BCUT2D eigenvalue weighted by Crippen LogP contribution is 2.45. The van der Waals surface area contributed by atoms with Crippen LogP contribution in [-0.4, -0.2) is 47.5 Å². The predicted molar refractivity (Wildman–Crippen MR) is 179 cm³/mol. The van der Waals surface area contributed by atoms with E-state index in [1.54, 1.807) is 6.07 Å². The number of fused-ring (bicyclic) bond motifs is 1. The summed E-state index contributed by atoms with van der Waals surface area (Å²) >= 11 is 0. The molecule has 0 spiro atoms. The van der Waals surface area contributed by atoms with E-state index < -0.39 is 34.5 Å². The summed E-state index contributed by atoms with van der Waals surface area (Å²) in [6.07, 6.45) is 6.73. The minimum absolute atomic E-state index is 0.00730. The second-order valence-electron chi connectivity index (χ2n) is 14.1. The van der Waals surface area contributed by atoms with Crippen molar-refractivity contribution in [3.05, 3.63) is 54.1 Å². The van der Waals surface area contributed by atoms with E-state index in [1.165, 1.54) is 6.07 Å². The number of ether oxygens (including phenoxy) is 2. The predicted octanol–water partition coefficient (Wildman–Crippen LogP) is 10.1. The quantitative estimate of drug-likeness (QED) is 0.126. The molecule has 0 N–H and O–H groups in total. The second-order valence-corrected chi connectivity index (χ2v) is 23.6. The maximum Gasteiger partial charge on any atom is 0.416 e. The number of carbonyl (C=O) groups excluding carboxylic acids is 1. The van der Waals surface area contributed by atoms with Gasteiger partial charge >= 0.3 is 12.1 Å². The normalized spacial score (nSPS) is 24.4. The average Bonchev–Trinajstić information content (AvgIpc) is 3.28. The van der Waals surface area contributed by atoms with Crippen molar-refractivity contribution in [3.63, 3.8) is 0 Å². The van der Waals surface area contributed by atoms with Crippen LogP contribution in [0.25, 0.3) is 0 Å². The zero-order chi connectivity index (χ0) is 33.5. The van der Waals surface area contributed by atoms with Crippen molar-refractivity contribution in [2.45, 2.75) is 134 Å². The van der Waals surface area contributed by atoms with Gasteiger partial charge in [-0.05, 0) is 73.7 Å². The van der Waals surface area contributed by atoms with Gasteiger partial charge in [0.2, 0.25) is 0 Å². The molecular weight excluding hydrogens is 614 g/mol. The van der Waals surface area contributed by atoms with Gasteiger partial charge in [0.05, 0.1) is 17.8 Å². The molecule has 1 aliphatic carbocycles. The Kier molecular flexibility index (Phi) is 13.2. The van der Waals surface area contributed by atoms with Crippen molar-refractivity contribution in [2.75, 3.05) is 6.61 Å². The first-order valence-electron chi connectivity index (χ1n) is 16.7. The van der Waals surface area contributed by atoms with Crippen LogP contribution in [-0.2, 0) is 24.6 Å². The van der Waals surface area contributed by atoms with Gasteiger partial charge in [-0.1, -0.05) is 71.9 Å². The number of benzene rings is 1. The van der Waals surface area contributed by atoms with Gasteiger partial charge in [0.15, 0.2) is 16.6 Å². The standard InChI is InChI=1S/C35H55F3O5Si2/c1-9-45(10-2,11-3)42-28(25-40-27-18-16-17-26(23-27)35(36,37)38)21-22-30-29-19-14-12-13-15-20-33(39)41-31(29)24-32(30)43-44(7,8)34(4,5)6/h12,14,16-18,21-23,28-32H,9-11,13,15,19-20,24-25H2,1-8H3/b14-12?,22-21-/t28-,29-,30-,31+,32-/m1/s1. The third kappa shape index (κ3) is 10.3. The maximum atomic E-state index is 13.4. The highest BCUT2D eigenvalue weighted by atomic mass is 28.4. The number of alkyl halides is 3. The molecule has 5 nitrogen and oxygen atoms in total. The van der Waals surface area contributed by atoms with E-state index >= 15 is 0 Å². The van der Waals surface area contributed by atoms with Crippen molar-refractivity contribution in [1.29, 1.82) is 0 Å². The molecule has 0 bridgehead atoms. The number of hydrogen-bond acceptors (Lipinski definition) is 5. The van der Waals surface area contributed by atoms with Gasteiger partial charge in [-0.25, -0.2) is 0 Å². The summed E-state index contributed by atoms with van der Waals surface area (Å²) in [5, 5.41) is 0.00730. The van der Waals surface area contributed by atoms with E-state index in [0.717, 1.165) is 49.5 Å². The van der Waals surface area contributed by atoms with Crippen LogP contribution in [0, 0.1) is 11.8 Å². The average molecular weight is 669 g/mol. The fraction of sp³-hybridized carbons (Fsp3) is 0.686. The molecule has 3 rings (SSSR count). The molecule has 0 aromatic heterocycles. The number of carbonyl (C=O) groups is 1. The molecule has 0 unspecified atom stereocenters. The SMILES string of the molecule is CC[Si](CC)(CC)O[C@H](/C=C\[C@@H]1[C@H]2CC=CCCCC(=O)O[C@H]2C[C@H]1O[Si](C)(C)C(C)(C)C)COc1cccc(C(F)(F)F)c1. The van der Waals surface area contributed by atoms with Gasteiger partial charge < -0.3 is 18.3 Å². The van der Waals surface area contributed by atoms with Crippen LogP contribution in [0.1, 0.15) is 79.2 Å². The molecular formula is C35H55F3O5Si2. The Labute approximate surface area is 271 Å². The molecule has 1 saturated carbocycles. The summed E-state index contributed by atoms with van der Waals surface area (Å²) in [7, 11) is -4.27. The van der Waals surface area contributed by atoms with E-state index in [-0.39, 0.29) is 47.4 Å². The molecule has 0 amide bonds. The third-order valence-corrected chi connectivity index (χ3v) is 19.4. The number of hydrogen-bond donors (Lipinski definition) is 0. The second kappa shape index (κ2) is 15.8. The third-order valence-electron chi connectivity index (χ3n) is 10.2. The van der Waals surface area contributed by atoms with Crippen molar-refractivity contribution in [3.8, 4) is 5.75 Å². The Hall–Kier alpha value is -1.89. The Morgan fingerprint density at radius 2 is 1.76 bits per heavy atom. The topological polar surface area (TPSA) is 54.0 Å². The van der Waals surface area contributed by atoms with Crippen molar-refractivity contribution >= 4 is 22.6 Å². The lowest BCUT2D eigenvalue weighted by Gasteiger charge is -2.40. The first kappa shape index (κ1) is 37.6. The van der Waals surface area contributed by atoms with Gasteiger partial charge in [0, 0.05) is 24.7 Å². The van der Waals surface area contributed by atoms with Crippen molar-refractivity contribution < 1.29 is 36.3 Å². The highest BCUT2D eigenvalue weighted by molar-refractivity contribution is 6.74. The van der Waals surface area contributed by atoms with Crippen LogP contribution >= 0.6 is 0 Å². The molecule has 45 heavy (non-hydrogen) atoms. The Morgan fingerprint density at radius 1 is 1.07 bits per heavy atom. The summed E-state index contributed by atoms with van der Waals surface area (Å²) < 4.78 is 66.1. The van der Waals surface area contributed by atoms with Crippen LogP contribution in [0.15, 0.2) is 48.6 Å². The monoisotopic (exact) mass is 668 g/mol. The van der Waals surface area contributed by atoms with Crippen LogP contribution in [0.4, 0.5) is 13.2 Å². The Morgan fingerprint density at radius 3 is 2.38 bits per heavy atom. The van der Waals surface area contributed by atoms with Gasteiger partial charge in [0.1, 0.15) is 18.5 Å². The molecule has 0 radical (unpaired) electrons. The molecule has 0 saturated heterocycles. The van der Waals surface area contributed by atoms with Gasteiger partial charge in [-0.15, -0.1) is 0 Å². The van der Waals surface area contributed by atoms with E-state index in [9.17, 15) is 18.0 Å². The van der Waals surface area contributed by atoms with E-state index in [2.05, 4.69) is 72.9 Å². The van der Waals surface area contributed by atoms with E-state index in [0.29, 0.717) is 12.8 Å². The number of esters is 1. The minimum atomic E-state index is -4.45. The highest BCUT2D eigenvalue weighted by Gasteiger charge is 2.48. The number of halogens is 3. The first-order chi connectivity index (χ1) is 21.0. The summed E-state index contributed by atoms with van der Waals surface area (Å²) in [5.41, 5.74) is -0.742. The number of rotatable bonds is 12. The fourth-order valence-electron chi connectivity index (χ4n) is 6.08. The fourth-order valence-corrected chi connectivity index (χ4v) is 10.2. The molecule has 254 valence electrons. The molecule has 5 atom stereocenters. The van der Waals surface area contributed by atoms with Crippen LogP contribution in [0.3, 0.4) is 0 Å². The zero-order valence-electron chi connectivity index (χ0n) is 28.5. The number of allylic oxidation sites excluding steroid dienone is 2. The molecule has 1 fully saturated rings. The van der Waals surface area contributed by atoms with Crippen LogP contribution in [0.2, 0.25) is 36.3 Å². The van der Waals surface area contributed by atoms with Crippen molar-refractivity contribution in [2.24, 2.45) is 11.8 Å². The molecule has 1 aliphatic heterocycles. The van der Waals surface area contributed by atoms with Crippen molar-refractivity contribution in [1.82, 2.24) is 0 Å². The first-order valence-corrected chi connectivity index (χ1v) is 22.2. The van der Waals surface area contributed by atoms with E-state index in [4.69, 9.17) is 18.3 Å². The lowest BCUT2D eigenvalue weighted by atomic mass is 9.89. The summed E-state index contributed by atoms with van der Waals surface area (Å²) in [6, 6.07) is 7.79. The summed E-state index contributed by atoms with van der Waals surface area (Å²) in [4.78, 5) is 12.7. The lowest BCUT2D eigenvalue weighted by molar-refractivity contribution is -0.151. The molecule has 1 aromatic rings. The van der Waals surface area contributed by atoms with Crippen LogP contribution < -0.4 is 4.74 Å². The van der Waals surface area contributed by atoms with Crippen LogP contribution in [0.5, 0.6) is 5.75 Å².